The Morgan fingerprint density at radius 1 is 1.29 bits per heavy atom. The zero-order valence-electron chi connectivity index (χ0n) is 8.32. The second-order valence-electron chi connectivity index (χ2n) is 3.62. The van der Waals surface area contributed by atoms with Gasteiger partial charge in [-0.25, -0.2) is 0 Å². The van der Waals surface area contributed by atoms with E-state index < -0.39 is 0 Å². The van der Waals surface area contributed by atoms with Gasteiger partial charge in [-0.1, -0.05) is 30.3 Å². The Morgan fingerprint density at radius 2 is 2.07 bits per heavy atom. The summed E-state index contributed by atoms with van der Waals surface area (Å²) >= 11 is 0. The highest BCUT2D eigenvalue weighted by Crippen LogP contribution is 2.09. The average molecular weight is 192 g/mol. The lowest BCUT2D eigenvalue weighted by molar-refractivity contribution is 0.114. The zero-order valence-corrected chi connectivity index (χ0v) is 8.32. The summed E-state index contributed by atoms with van der Waals surface area (Å²) in [6, 6.07) is 10.5. The van der Waals surface area contributed by atoms with Crippen LogP contribution in [0.5, 0.6) is 0 Å². The highest BCUT2D eigenvalue weighted by molar-refractivity contribution is 5.14. The van der Waals surface area contributed by atoms with E-state index in [2.05, 4.69) is 24.3 Å². The Kier molecular flexibility index (Phi) is 3.55. The first-order chi connectivity index (χ1) is 6.95. The second kappa shape index (κ2) is 5.13. The fraction of sp³-hybridized carbons (Fsp3) is 0.500. The highest BCUT2D eigenvalue weighted by Gasteiger charge is 2.21. The number of rotatable bonds is 6. The first-order valence-corrected chi connectivity index (χ1v) is 5.18. The Hall–Kier alpha value is -0.860. The molecule has 76 valence electrons. The van der Waals surface area contributed by atoms with Crippen LogP contribution in [0.25, 0.3) is 0 Å². The van der Waals surface area contributed by atoms with Crippen LogP contribution in [0.3, 0.4) is 0 Å². The van der Waals surface area contributed by atoms with E-state index in [1.807, 2.05) is 6.07 Å². The van der Waals surface area contributed by atoms with Crippen LogP contribution in [0.2, 0.25) is 0 Å². The molecule has 1 heterocycles. The summed E-state index contributed by atoms with van der Waals surface area (Å²) in [5.74, 6) is 0. The Morgan fingerprint density at radius 3 is 2.79 bits per heavy atom. The minimum absolute atomic E-state index is 0.395. The van der Waals surface area contributed by atoms with Crippen molar-refractivity contribution in [1.82, 2.24) is 0 Å². The van der Waals surface area contributed by atoms with Crippen LogP contribution < -0.4 is 0 Å². The predicted molar refractivity (Wildman–Crippen MR) is 55.3 cm³/mol. The van der Waals surface area contributed by atoms with Gasteiger partial charge in [0.1, 0.15) is 6.10 Å². The van der Waals surface area contributed by atoms with Crippen LogP contribution in [0, 0.1) is 0 Å². The maximum absolute atomic E-state index is 5.45. The van der Waals surface area contributed by atoms with Gasteiger partial charge in [-0.3, -0.25) is 0 Å². The molecule has 0 saturated carbocycles. The molecule has 2 heteroatoms. The van der Waals surface area contributed by atoms with E-state index in [1.54, 1.807) is 0 Å². The van der Waals surface area contributed by atoms with Crippen molar-refractivity contribution in [3.8, 4) is 0 Å². The standard InChI is InChI=1S/C12H16O2/c1-2-5-11(6-3-1)7-4-8-13-9-12-10-14-12/h1-3,5-6,12H,4,7-10H2. The van der Waals surface area contributed by atoms with Gasteiger partial charge in [0.15, 0.2) is 0 Å². The van der Waals surface area contributed by atoms with Gasteiger partial charge in [0.25, 0.3) is 0 Å². The summed E-state index contributed by atoms with van der Waals surface area (Å²) in [5.41, 5.74) is 1.39. The van der Waals surface area contributed by atoms with E-state index >= 15 is 0 Å². The number of aryl methyl sites for hydroxylation is 1. The monoisotopic (exact) mass is 192 g/mol. The molecule has 1 unspecified atom stereocenters. The summed E-state index contributed by atoms with van der Waals surface area (Å²) in [5, 5.41) is 0. The van der Waals surface area contributed by atoms with Gasteiger partial charge in [0.2, 0.25) is 0 Å². The zero-order chi connectivity index (χ0) is 9.64. The largest absolute Gasteiger partial charge is 0.379 e. The molecule has 0 amide bonds. The van der Waals surface area contributed by atoms with Crippen LogP contribution >= 0.6 is 0 Å². The number of hydrogen-bond donors (Lipinski definition) is 0. The molecule has 0 aromatic heterocycles. The fourth-order valence-electron chi connectivity index (χ4n) is 1.40. The predicted octanol–water partition coefficient (Wildman–Crippen LogP) is 2.03. The molecule has 0 aliphatic carbocycles. The Labute approximate surface area is 84.8 Å². The molecule has 0 bridgehead atoms. The first-order valence-electron chi connectivity index (χ1n) is 5.18. The van der Waals surface area contributed by atoms with Crippen molar-refractivity contribution >= 4 is 0 Å². The van der Waals surface area contributed by atoms with Gasteiger partial charge in [-0.2, -0.15) is 0 Å². The van der Waals surface area contributed by atoms with Crippen LogP contribution in [-0.4, -0.2) is 25.9 Å². The molecule has 0 radical (unpaired) electrons. The fourth-order valence-corrected chi connectivity index (χ4v) is 1.40. The average Bonchev–Trinajstić information content (AvgIpc) is 3.03. The Balaban J connectivity index is 1.54. The summed E-state index contributed by atoms with van der Waals surface area (Å²) in [6.45, 7) is 2.50. The van der Waals surface area contributed by atoms with Crippen molar-refractivity contribution in [2.75, 3.05) is 19.8 Å². The lowest BCUT2D eigenvalue weighted by atomic mass is 10.1. The molecule has 1 atom stereocenters. The van der Waals surface area contributed by atoms with Gasteiger partial charge in [-0.05, 0) is 18.4 Å². The van der Waals surface area contributed by atoms with E-state index in [9.17, 15) is 0 Å². The van der Waals surface area contributed by atoms with Crippen molar-refractivity contribution < 1.29 is 9.47 Å². The highest BCUT2D eigenvalue weighted by atomic mass is 16.6. The Bertz CT molecular complexity index is 254. The lowest BCUT2D eigenvalue weighted by Crippen LogP contribution is -2.03. The third kappa shape index (κ3) is 3.48. The van der Waals surface area contributed by atoms with Crippen molar-refractivity contribution in [1.29, 1.82) is 0 Å². The lowest BCUT2D eigenvalue weighted by Gasteiger charge is -2.02. The summed E-state index contributed by atoms with van der Waals surface area (Å²) < 4.78 is 10.5. The minimum atomic E-state index is 0.395. The maximum atomic E-state index is 5.45. The molecule has 1 aliphatic rings. The molecule has 1 aromatic rings. The third-order valence-corrected chi connectivity index (χ3v) is 2.30. The van der Waals surface area contributed by atoms with Crippen LogP contribution in [0.4, 0.5) is 0 Å². The number of hydrogen-bond acceptors (Lipinski definition) is 2. The molecule has 1 saturated heterocycles. The summed E-state index contributed by atoms with van der Waals surface area (Å²) in [4.78, 5) is 0. The van der Waals surface area contributed by atoms with Gasteiger partial charge in [0.05, 0.1) is 13.2 Å². The topological polar surface area (TPSA) is 21.8 Å². The second-order valence-corrected chi connectivity index (χ2v) is 3.62. The number of benzene rings is 1. The molecular formula is C12H16O2. The minimum Gasteiger partial charge on any atom is -0.379 e. The molecule has 1 fully saturated rings. The summed E-state index contributed by atoms with van der Waals surface area (Å²) in [7, 11) is 0. The van der Waals surface area contributed by atoms with Crippen LogP contribution in [-0.2, 0) is 15.9 Å². The van der Waals surface area contributed by atoms with Crippen LogP contribution in [0.1, 0.15) is 12.0 Å². The van der Waals surface area contributed by atoms with Crippen molar-refractivity contribution in [3.05, 3.63) is 35.9 Å². The van der Waals surface area contributed by atoms with Gasteiger partial charge >= 0.3 is 0 Å². The SMILES string of the molecule is c1ccc(CCCOCC2CO2)cc1. The van der Waals surface area contributed by atoms with Gasteiger partial charge in [0, 0.05) is 6.61 Å². The van der Waals surface area contributed by atoms with Crippen molar-refractivity contribution in [2.24, 2.45) is 0 Å². The van der Waals surface area contributed by atoms with E-state index in [4.69, 9.17) is 9.47 Å². The molecule has 14 heavy (non-hydrogen) atoms. The summed E-state index contributed by atoms with van der Waals surface area (Å²) in [6.07, 6.45) is 2.59. The van der Waals surface area contributed by atoms with Crippen molar-refractivity contribution in [2.45, 2.75) is 18.9 Å². The molecule has 2 nitrogen and oxygen atoms in total. The molecule has 2 rings (SSSR count). The van der Waals surface area contributed by atoms with Gasteiger partial charge < -0.3 is 9.47 Å². The molecule has 1 aromatic carbocycles. The normalized spacial score (nSPS) is 19.6. The first kappa shape index (κ1) is 9.69. The number of ether oxygens (including phenoxy) is 2. The van der Waals surface area contributed by atoms with Crippen molar-refractivity contribution in [3.63, 3.8) is 0 Å². The smallest absolute Gasteiger partial charge is 0.104 e. The number of epoxide rings is 1. The van der Waals surface area contributed by atoms with E-state index in [0.717, 1.165) is 32.7 Å². The maximum Gasteiger partial charge on any atom is 0.104 e. The van der Waals surface area contributed by atoms with E-state index in [1.165, 1.54) is 5.56 Å². The molecular weight excluding hydrogens is 176 g/mol. The van der Waals surface area contributed by atoms with E-state index in [0.29, 0.717) is 6.10 Å². The molecule has 0 spiro atoms. The molecule has 0 N–H and O–H groups in total. The quantitative estimate of drug-likeness (QED) is 0.508. The van der Waals surface area contributed by atoms with Crippen LogP contribution in [0.15, 0.2) is 30.3 Å². The third-order valence-electron chi connectivity index (χ3n) is 2.30. The van der Waals surface area contributed by atoms with E-state index in [-0.39, 0.29) is 0 Å². The van der Waals surface area contributed by atoms with Gasteiger partial charge in [-0.15, -0.1) is 0 Å². The molecule has 1 aliphatic heterocycles.